The van der Waals surface area contributed by atoms with Crippen LogP contribution in [0.1, 0.15) is 18.5 Å². The first-order chi connectivity index (χ1) is 7.17. The quantitative estimate of drug-likeness (QED) is 0.310. The molecule has 1 aromatic carbocycles. The molecule has 0 aliphatic carbocycles. The summed E-state index contributed by atoms with van der Waals surface area (Å²) in [6.07, 6.45) is 0. The number of hydrazine groups is 1. The second-order valence-corrected chi connectivity index (χ2v) is 3.57. The summed E-state index contributed by atoms with van der Waals surface area (Å²) in [5.41, 5.74) is 3.60. The summed E-state index contributed by atoms with van der Waals surface area (Å²) in [7, 11) is 1.66. The maximum absolute atomic E-state index is 5.80. The Morgan fingerprint density at radius 2 is 2.00 bits per heavy atom. The smallest absolute Gasteiger partial charge is 0.205 e. The predicted octanol–water partition coefficient (Wildman–Crippen LogP) is 1.44. The number of nitrogens with two attached hydrogens (primary N) is 1. The van der Waals surface area contributed by atoms with Gasteiger partial charge in [-0.2, -0.15) is 0 Å². The Bertz CT molecular complexity index is 334. The van der Waals surface area contributed by atoms with Crippen molar-refractivity contribution in [3.8, 4) is 0 Å². The van der Waals surface area contributed by atoms with Gasteiger partial charge in [0, 0.05) is 12.1 Å². The lowest BCUT2D eigenvalue weighted by Crippen LogP contribution is -2.42. The van der Waals surface area contributed by atoms with E-state index in [1.807, 2.05) is 31.2 Å². The molecule has 0 radical (unpaired) electrons. The van der Waals surface area contributed by atoms with E-state index in [0.717, 1.165) is 10.6 Å². The van der Waals surface area contributed by atoms with Gasteiger partial charge in [-0.3, -0.25) is 10.4 Å². The molecule has 0 spiro atoms. The van der Waals surface area contributed by atoms with Gasteiger partial charge in [0.25, 0.3) is 0 Å². The van der Waals surface area contributed by atoms with Crippen molar-refractivity contribution < 1.29 is 0 Å². The first kappa shape index (κ1) is 11.8. The second-order valence-electron chi connectivity index (χ2n) is 3.13. The lowest BCUT2D eigenvalue weighted by molar-refractivity contribution is 0.692. The van der Waals surface area contributed by atoms with E-state index >= 15 is 0 Å². The van der Waals surface area contributed by atoms with Crippen LogP contribution in [0.5, 0.6) is 0 Å². The van der Waals surface area contributed by atoms with Gasteiger partial charge in [0.1, 0.15) is 0 Å². The summed E-state index contributed by atoms with van der Waals surface area (Å²) >= 11 is 5.80. The van der Waals surface area contributed by atoms with Crippen LogP contribution in [0.25, 0.3) is 0 Å². The van der Waals surface area contributed by atoms with Gasteiger partial charge in [-0.25, -0.2) is 5.84 Å². The van der Waals surface area contributed by atoms with Crippen molar-refractivity contribution in [3.05, 3.63) is 34.9 Å². The third-order valence-corrected chi connectivity index (χ3v) is 2.34. The van der Waals surface area contributed by atoms with Crippen LogP contribution in [0.15, 0.2) is 29.3 Å². The maximum atomic E-state index is 5.80. The Morgan fingerprint density at radius 1 is 1.40 bits per heavy atom. The van der Waals surface area contributed by atoms with Crippen LogP contribution in [0, 0.1) is 0 Å². The summed E-state index contributed by atoms with van der Waals surface area (Å²) in [6.45, 7) is 2.02. The molecule has 0 saturated heterocycles. The van der Waals surface area contributed by atoms with E-state index in [-0.39, 0.29) is 6.04 Å². The van der Waals surface area contributed by atoms with Gasteiger partial charge in [-0.1, -0.05) is 23.7 Å². The van der Waals surface area contributed by atoms with Crippen LogP contribution < -0.4 is 16.6 Å². The lowest BCUT2D eigenvalue weighted by Gasteiger charge is -2.16. The van der Waals surface area contributed by atoms with Crippen molar-refractivity contribution >= 4 is 17.6 Å². The first-order valence-electron chi connectivity index (χ1n) is 4.62. The fourth-order valence-corrected chi connectivity index (χ4v) is 1.34. The lowest BCUT2D eigenvalue weighted by atomic mass is 10.1. The van der Waals surface area contributed by atoms with Crippen LogP contribution in [0.2, 0.25) is 5.02 Å². The molecule has 0 aliphatic rings. The van der Waals surface area contributed by atoms with Gasteiger partial charge >= 0.3 is 0 Å². The summed E-state index contributed by atoms with van der Waals surface area (Å²) in [4.78, 5) is 3.93. The highest BCUT2D eigenvalue weighted by Gasteiger charge is 2.06. The molecule has 0 saturated carbocycles. The summed E-state index contributed by atoms with van der Waals surface area (Å²) < 4.78 is 0. The summed E-state index contributed by atoms with van der Waals surface area (Å²) in [5.74, 6) is 5.82. The number of guanidine groups is 1. The Morgan fingerprint density at radius 3 is 2.47 bits per heavy atom. The molecule has 0 heterocycles. The van der Waals surface area contributed by atoms with E-state index < -0.39 is 0 Å². The molecule has 0 aliphatic heterocycles. The number of aliphatic imine (C=N–C) groups is 1. The molecule has 0 fully saturated rings. The van der Waals surface area contributed by atoms with Crippen LogP contribution in [-0.2, 0) is 0 Å². The van der Waals surface area contributed by atoms with Crippen LogP contribution >= 0.6 is 11.6 Å². The number of halogens is 1. The van der Waals surface area contributed by atoms with Crippen LogP contribution in [-0.4, -0.2) is 13.0 Å². The highest BCUT2D eigenvalue weighted by Crippen LogP contribution is 2.15. The standard InChI is InChI=1S/C10H15ClN4/c1-7(14-10(13-2)15-12)8-3-5-9(11)6-4-8/h3-7H,12H2,1-2H3,(H2,13,14,15). The van der Waals surface area contributed by atoms with Crippen molar-refractivity contribution in [1.29, 1.82) is 0 Å². The normalized spacial score (nSPS) is 13.5. The minimum atomic E-state index is 0.122. The van der Waals surface area contributed by atoms with Crippen LogP contribution in [0.4, 0.5) is 0 Å². The Kier molecular flexibility index (Phi) is 4.39. The topological polar surface area (TPSA) is 62.4 Å². The SMILES string of the molecule is CN=C(NN)NC(C)c1ccc(Cl)cc1. The Hall–Kier alpha value is -1.26. The third-order valence-electron chi connectivity index (χ3n) is 2.08. The van der Waals surface area contributed by atoms with Crippen molar-refractivity contribution in [3.63, 3.8) is 0 Å². The van der Waals surface area contributed by atoms with Gasteiger partial charge < -0.3 is 5.32 Å². The average Bonchev–Trinajstić information content (AvgIpc) is 2.26. The van der Waals surface area contributed by atoms with Crippen molar-refractivity contribution in [2.75, 3.05) is 7.05 Å². The maximum Gasteiger partial charge on any atom is 0.205 e. The van der Waals surface area contributed by atoms with E-state index in [2.05, 4.69) is 15.7 Å². The third kappa shape index (κ3) is 3.42. The van der Waals surface area contributed by atoms with E-state index in [4.69, 9.17) is 17.4 Å². The number of nitrogens with one attached hydrogen (secondary N) is 2. The molecular weight excluding hydrogens is 212 g/mol. The van der Waals surface area contributed by atoms with E-state index in [1.165, 1.54) is 0 Å². The largest absolute Gasteiger partial charge is 0.349 e. The van der Waals surface area contributed by atoms with Crippen molar-refractivity contribution in [1.82, 2.24) is 10.7 Å². The van der Waals surface area contributed by atoms with Gasteiger partial charge in [-0.15, -0.1) is 0 Å². The van der Waals surface area contributed by atoms with Crippen molar-refractivity contribution in [2.45, 2.75) is 13.0 Å². The highest BCUT2D eigenvalue weighted by molar-refractivity contribution is 6.30. The molecule has 0 amide bonds. The first-order valence-corrected chi connectivity index (χ1v) is 5.00. The highest BCUT2D eigenvalue weighted by atomic mass is 35.5. The van der Waals surface area contributed by atoms with E-state index in [1.54, 1.807) is 7.05 Å². The molecule has 1 unspecified atom stereocenters. The molecule has 4 N–H and O–H groups in total. The Balaban J connectivity index is 2.68. The number of hydrogen-bond acceptors (Lipinski definition) is 2. The van der Waals surface area contributed by atoms with Gasteiger partial charge in [0.2, 0.25) is 5.96 Å². The number of rotatable bonds is 2. The molecule has 0 bridgehead atoms. The minimum Gasteiger partial charge on any atom is -0.349 e. The molecule has 4 nitrogen and oxygen atoms in total. The average molecular weight is 227 g/mol. The zero-order chi connectivity index (χ0) is 11.3. The number of hydrogen-bond donors (Lipinski definition) is 3. The van der Waals surface area contributed by atoms with Gasteiger partial charge in [-0.05, 0) is 24.6 Å². The van der Waals surface area contributed by atoms with E-state index in [0.29, 0.717) is 5.96 Å². The number of nitrogens with zero attached hydrogens (tertiary/aromatic N) is 1. The van der Waals surface area contributed by atoms with Crippen molar-refractivity contribution in [2.24, 2.45) is 10.8 Å². The zero-order valence-electron chi connectivity index (χ0n) is 8.79. The molecule has 1 aromatic rings. The fraction of sp³-hybridized carbons (Fsp3) is 0.300. The van der Waals surface area contributed by atoms with Gasteiger partial charge in [0.15, 0.2) is 0 Å². The molecule has 0 aromatic heterocycles. The Labute approximate surface area is 94.5 Å². The summed E-state index contributed by atoms with van der Waals surface area (Å²) in [6, 6.07) is 7.76. The fourth-order valence-electron chi connectivity index (χ4n) is 1.21. The molecule has 1 atom stereocenters. The van der Waals surface area contributed by atoms with Gasteiger partial charge in [0.05, 0.1) is 6.04 Å². The van der Waals surface area contributed by atoms with E-state index in [9.17, 15) is 0 Å². The predicted molar refractivity (Wildman–Crippen MR) is 63.7 cm³/mol. The monoisotopic (exact) mass is 226 g/mol. The number of benzene rings is 1. The van der Waals surface area contributed by atoms with Crippen LogP contribution in [0.3, 0.4) is 0 Å². The second kappa shape index (κ2) is 5.58. The molecule has 15 heavy (non-hydrogen) atoms. The minimum absolute atomic E-state index is 0.122. The molecule has 82 valence electrons. The molecular formula is C10H15ClN4. The summed E-state index contributed by atoms with van der Waals surface area (Å²) in [5, 5.41) is 3.85. The molecule has 5 heteroatoms. The molecule has 1 rings (SSSR count). The zero-order valence-corrected chi connectivity index (χ0v) is 9.55.